The summed E-state index contributed by atoms with van der Waals surface area (Å²) < 4.78 is 0. The molecule has 0 aliphatic carbocycles. The molecule has 0 radical (unpaired) electrons. The molecule has 1 amide bonds. The molecular formula is C14H28N2O3. The molecule has 5 nitrogen and oxygen atoms in total. The second-order valence-electron chi connectivity index (χ2n) is 4.97. The van der Waals surface area contributed by atoms with Crippen LogP contribution in [0.15, 0.2) is 0 Å². The van der Waals surface area contributed by atoms with Crippen molar-refractivity contribution in [1.82, 2.24) is 5.32 Å². The van der Waals surface area contributed by atoms with Gasteiger partial charge in [-0.1, -0.05) is 45.4 Å². The number of nitrogens with two attached hydrogens (primary N) is 1. The molecule has 0 heterocycles. The Labute approximate surface area is 115 Å². The largest absolute Gasteiger partial charge is 0.480 e. The number of carbonyl (C=O) groups is 2. The lowest BCUT2D eigenvalue weighted by Gasteiger charge is -2.13. The predicted octanol–water partition coefficient (Wildman–Crippen LogP) is 2.05. The van der Waals surface area contributed by atoms with E-state index >= 15 is 0 Å². The highest BCUT2D eigenvalue weighted by atomic mass is 16.4. The van der Waals surface area contributed by atoms with Crippen LogP contribution in [0.1, 0.15) is 64.7 Å². The van der Waals surface area contributed by atoms with Crippen LogP contribution in [0.4, 0.5) is 0 Å². The molecule has 19 heavy (non-hydrogen) atoms. The lowest BCUT2D eigenvalue weighted by Crippen LogP contribution is -2.38. The van der Waals surface area contributed by atoms with Gasteiger partial charge in [0.25, 0.3) is 0 Å². The first-order valence-electron chi connectivity index (χ1n) is 7.32. The zero-order chi connectivity index (χ0) is 14.5. The van der Waals surface area contributed by atoms with Crippen LogP contribution in [0, 0.1) is 0 Å². The molecule has 0 fully saturated rings. The topological polar surface area (TPSA) is 92.4 Å². The van der Waals surface area contributed by atoms with Gasteiger partial charge in [-0.25, -0.2) is 0 Å². The summed E-state index contributed by atoms with van der Waals surface area (Å²) in [5, 5.41) is 11.9. The molecule has 0 aromatic carbocycles. The highest BCUT2D eigenvalue weighted by molar-refractivity contribution is 5.77. The number of nitrogens with one attached hydrogen (secondary N) is 1. The molecule has 0 bridgehead atoms. The van der Waals surface area contributed by atoms with Gasteiger partial charge >= 0.3 is 5.97 Å². The standard InChI is InChI=1S/C14H28N2O3/c1-2-3-4-5-6-7-8-11-16-12(14(18)19)9-10-13(15)17/h12,16H,2-11H2,1H3,(H2,15,17)(H,18,19). The Morgan fingerprint density at radius 1 is 1.11 bits per heavy atom. The van der Waals surface area contributed by atoms with Crippen LogP contribution in [-0.2, 0) is 9.59 Å². The third-order valence-electron chi connectivity index (χ3n) is 3.15. The zero-order valence-electron chi connectivity index (χ0n) is 12.0. The number of carboxylic acid groups (broad SMARTS) is 1. The van der Waals surface area contributed by atoms with E-state index in [0.717, 1.165) is 12.8 Å². The molecule has 0 aliphatic heterocycles. The Kier molecular flexibility index (Phi) is 11.3. The van der Waals surface area contributed by atoms with E-state index < -0.39 is 17.9 Å². The minimum atomic E-state index is -0.913. The maximum atomic E-state index is 10.9. The van der Waals surface area contributed by atoms with Gasteiger partial charge in [0, 0.05) is 6.42 Å². The van der Waals surface area contributed by atoms with Gasteiger partial charge in [-0.3, -0.25) is 9.59 Å². The molecule has 0 rings (SSSR count). The Bertz CT molecular complexity index is 257. The molecule has 0 saturated heterocycles. The van der Waals surface area contributed by atoms with E-state index in [4.69, 9.17) is 10.8 Å². The highest BCUT2D eigenvalue weighted by Gasteiger charge is 2.16. The first kappa shape index (κ1) is 17.9. The lowest BCUT2D eigenvalue weighted by atomic mass is 10.1. The number of hydrogen-bond donors (Lipinski definition) is 3. The van der Waals surface area contributed by atoms with Gasteiger partial charge in [0.05, 0.1) is 0 Å². The Balaban J connectivity index is 3.53. The van der Waals surface area contributed by atoms with Crippen LogP contribution in [0.5, 0.6) is 0 Å². The van der Waals surface area contributed by atoms with E-state index in [9.17, 15) is 9.59 Å². The summed E-state index contributed by atoms with van der Waals surface area (Å²) >= 11 is 0. The maximum Gasteiger partial charge on any atom is 0.320 e. The SMILES string of the molecule is CCCCCCCCCNC(CCC(N)=O)C(=O)O. The van der Waals surface area contributed by atoms with Crippen molar-refractivity contribution in [1.29, 1.82) is 0 Å². The molecule has 0 aliphatic rings. The van der Waals surface area contributed by atoms with E-state index in [2.05, 4.69) is 12.2 Å². The molecule has 112 valence electrons. The molecule has 0 aromatic rings. The first-order chi connectivity index (χ1) is 9.07. The number of rotatable bonds is 13. The van der Waals surface area contributed by atoms with Crippen LogP contribution >= 0.6 is 0 Å². The van der Waals surface area contributed by atoms with Crippen molar-refractivity contribution in [2.24, 2.45) is 5.73 Å². The Morgan fingerprint density at radius 3 is 2.21 bits per heavy atom. The third kappa shape index (κ3) is 11.7. The summed E-state index contributed by atoms with van der Waals surface area (Å²) in [5.41, 5.74) is 5.02. The smallest absolute Gasteiger partial charge is 0.320 e. The van der Waals surface area contributed by atoms with E-state index in [0.29, 0.717) is 6.54 Å². The quantitative estimate of drug-likeness (QED) is 0.447. The molecule has 5 heteroatoms. The van der Waals surface area contributed by atoms with Gasteiger partial charge < -0.3 is 16.2 Å². The Morgan fingerprint density at radius 2 is 1.68 bits per heavy atom. The fourth-order valence-corrected chi connectivity index (χ4v) is 1.96. The number of carboxylic acids is 1. The Hall–Kier alpha value is -1.10. The van der Waals surface area contributed by atoms with Gasteiger partial charge in [0.1, 0.15) is 6.04 Å². The van der Waals surface area contributed by atoms with Crippen LogP contribution in [0.3, 0.4) is 0 Å². The summed E-state index contributed by atoms with van der Waals surface area (Å²) in [7, 11) is 0. The monoisotopic (exact) mass is 272 g/mol. The lowest BCUT2D eigenvalue weighted by molar-refractivity contribution is -0.139. The fraction of sp³-hybridized carbons (Fsp3) is 0.857. The number of amides is 1. The summed E-state index contributed by atoms with van der Waals surface area (Å²) in [6, 6.07) is -0.660. The minimum Gasteiger partial charge on any atom is -0.480 e. The second kappa shape index (κ2) is 12.0. The molecular weight excluding hydrogens is 244 g/mol. The van der Waals surface area contributed by atoms with Crippen molar-refractivity contribution in [2.45, 2.75) is 70.8 Å². The molecule has 0 aromatic heterocycles. The van der Waals surface area contributed by atoms with Crippen molar-refractivity contribution in [3.8, 4) is 0 Å². The molecule has 0 spiro atoms. The number of hydrogen-bond acceptors (Lipinski definition) is 3. The second-order valence-corrected chi connectivity index (χ2v) is 4.97. The van der Waals surface area contributed by atoms with Gasteiger partial charge in [-0.05, 0) is 19.4 Å². The van der Waals surface area contributed by atoms with Gasteiger partial charge in [-0.2, -0.15) is 0 Å². The highest BCUT2D eigenvalue weighted by Crippen LogP contribution is 2.06. The maximum absolute atomic E-state index is 10.9. The fourth-order valence-electron chi connectivity index (χ4n) is 1.96. The molecule has 0 saturated carbocycles. The number of unbranched alkanes of at least 4 members (excludes halogenated alkanes) is 6. The number of primary amides is 1. The van der Waals surface area contributed by atoms with Crippen molar-refractivity contribution in [3.63, 3.8) is 0 Å². The minimum absolute atomic E-state index is 0.112. The van der Waals surface area contributed by atoms with Gasteiger partial charge in [0.2, 0.25) is 5.91 Å². The molecule has 1 atom stereocenters. The van der Waals surface area contributed by atoms with Crippen molar-refractivity contribution < 1.29 is 14.7 Å². The van der Waals surface area contributed by atoms with Crippen LogP contribution < -0.4 is 11.1 Å². The van der Waals surface area contributed by atoms with Crippen LogP contribution in [0.25, 0.3) is 0 Å². The van der Waals surface area contributed by atoms with E-state index in [-0.39, 0.29) is 12.8 Å². The van der Waals surface area contributed by atoms with E-state index in [1.54, 1.807) is 0 Å². The van der Waals surface area contributed by atoms with Crippen LogP contribution in [0.2, 0.25) is 0 Å². The van der Waals surface area contributed by atoms with Gasteiger partial charge in [-0.15, -0.1) is 0 Å². The van der Waals surface area contributed by atoms with Gasteiger partial charge in [0.15, 0.2) is 0 Å². The summed E-state index contributed by atoms with van der Waals surface area (Å²) in [4.78, 5) is 21.6. The number of aliphatic carboxylic acids is 1. The van der Waals surface area contributed by atoms with E-state index in [1.165, 1.54) is 32.1 Å². The first-order valence-corrected chi connectivity index (χ1v) is 7.32. The normalized spacial score (nSPS) is 12.3. The zero-order valence-corrected chi connectivity index (χ0v) is 12.0. The average Bonchev–Trinajstić information content (AvgIpc) is 2.35. The molecule has 4 N–H and O–H groups in total. The van der Waals surface area contributed by atoms with Crippen molar-refractivity contribution in [2.75, 3.05) is 6.54 Å². The average molecular weight is 272 g/mol. The summed E-state index contributed by atoms with van der Waals surface area (Å²) in [6.45, 7) is 2.88. The summed E-state index contributed by atoms with van der Waals surface area (Å²) in [6.07, 6.45) is 8.79. The molecule has 1 unspecified atom stereocenters. The summed E-state index contributed by atoms with van der Waals surface area (Å²) in [5.74, 6) is -1.37. The number of carbonyl (C=O) groups excluding carboxylic acids is 1. The van der Waals surface area contributed by atoms with Crippen LogP contribution in [-0.4, -0.2) is 29.6 Å². The van der Waals surface area contributed by atoms with E-state index in [1.807, 2.05) is 0 Å². The third-order valence-corrected chi connectivity index (χ3v) is 3.15. The van der Waals surface area contributed by atoms with Crippen molar-refractivity contribution in [3.05, 3.63) is 0 Å². The predicted molar refractivity (Wildman–Crippen MR) is 75.8 cm³/mol. The van der Waals surface area contributed by atoms with Crippen molar-refractivity contribution >= 4 is 11.9 Å².